The van der Waals surface area contributed by atoms with Gasteiger partial charge in [-0.3, -0.25) is 0 Å². The van der Waals surface area contributed by atoms with Crippen LogP contribution in [-0.2, 0) is 5.66 Å². The lowest BCUT2D eigenvalue weighted by atomic mass is 9.87. The van der Waals surface area contributed by atoms with Crippen LogP contribution in [0, 0.1) is 0 Å². The average molecular weight is 177 g/mol. The van der Waals surface area contributed by atoms with Crippen molar-refractivity contribution in [3.63, 3.8) is 0 Å². The van der Waals surface area contributed by atoms with E-state index in [0.717, 1.165) is 11.3 Å². The van der Waals surface area contributed by atoms with Gasteiger partial charge in [0.15, 0.2) is 0 Å². The zero-order valence-corrected chi connectivity index (χ0v) is 7.96. The van der Waals surface area contributed by atoms with Gasteiger partial charge in [0.1, 0.15) is 5.66 Å². The number of nitrogens with one attached hydrogen (secondary N) is 1. The van der Waals surface area contributed by atoms with Crippen molar-refractivity contribution in [2.45, 2.75) is 25.0 Å². The maximum atomic E-state index is 6.08. The second-order valence-electron chi connectivity index (χ2n) is 4.16. The molecule has 0 radical (unpaired) electrons. The summed E-state index contributed by atoms with van der Waals surface area (Å²) in [6, 6.07) is 7.90. The molecule has 0 aromatic heterocycles. The predicted octanol–water partition coefficient (Wildman–Crippen LogP) is 0.961. The molecule has 13 heavy (non-hydrogen) atoms. The van der Waals surface area contributed by atoms with E-state index in [9.17, 15) is 0 Å². The number of fused-ring (bicyclic) bond motifs is 1. The van der Waals surface area contributed by atoms with Crippen molar-refractivity contribution in [3.8, 4) is 0 Å². The van der Waals surface area contributed by atoms with Gasteiger partial charge in [0, 0.05) is 11.3 Å². The number of benzene rings is 1. The first-order valence-electron chi connectivity index (χ1n) is 4.40. The second kappa shape index (κ2) is 2.25. The summed E-state index contributed by atoms with van der Waals surface area (Å²) in [6.07, 6.45) is 0. The Bertz CT molecular complexity index is 342. The number of hydrogen-bond donors (Lipinski definition) is 3. The normalized spacial score (nSPS) is 22.2. The van der Waals surface area contributed by atoms with E-state index in [-0.39, 0.29) is 5.54 Å². The minimum atomic E-state index is -0.788. The Kier molecular flexibility index (Phi) is 1.47. The van der Waals surface area contributed by atoms with Gasteiger partial charge < -0.3 is 16.8 Å². The molecule has 1 aliphatic heterocycles. The summed E-state index contributed by atoms with van der Waals surface area (Å²) in [5, 5.41) is 3.31. The van der Waals surface area contributed by atoms with E-state index in [1.165, 1.54) is 0 Å². The van der Waals surface area contributed by atoms with Crippen LogP contribution in [0.25, 0.3) is 0 Å². The molecule has 70 valence electrons. The molecule has 0 fully saturated rings. The second-order valence-corrected chi connectivity index (χ2v) is 4.16. The number of anilines is 1. The first-order valence-corrected chi connectivity index (χ1v) is 4.40. The van der Waals surface area contributed by atoms with Crippen molar-refractivity contribution in [1.29, 1.82) is 0 Å². The zero-order valence-electron chi connectivity index (χ0n) is 7.96. The third kappa shape index (κ3) is 0.975. The smallest absolute Gasteiger partial charge is 0.115 e. The molecule has 0 amide bonds. The summed E-state index contributed by atoms with van der Waals surface area (Å²) in [5.41, 5.74) is 13.1. The highest BCUT2D eigenvalue weighted by Crippen LogP contribution is 2.39. The first kappa shape index (κ1) is 8.53. The van der Waals surface area contributed by atoms with Crippen molar-refractivity contribution >= 4 is 5.69 Å². The van der Waals surface area contributed by atoms with Gasteiger partial charge in [-0.05, 0) is 19.9 Å². The fourth-order valence-corrected chi connectivity index (χ4v) is 1.73. The number of para-hydroxylation sites is 1. The van der Waals surface area contributed by atoms with Crippen molar-refractivity contribution in [2.75, 3.05) is 5.32 Å². The standard InChI is InChI=1S/C10H15N3/c1-9(2)10(11,12)7-5-3-4-6-8(7)13-9/h3-6,13H,11-12H2,1-2H3. The highest BCUT2D eigenvalue weighted by molar-refractivity contribution is 5.62. The van der Waals surface area contributed by atoms with Gasteiger partial charge >= 0.3 is 0 Å². The number of rotatable bonds is 0. The van der Waals surface area contributed by atoms with E-state index in [2.05, 4.69) is 5.32 Å². The largest absolute Gasteiger partial charge is 0.376 e. The molecular formula is C10H15N3. The van der Waals surface area contributed by atoms with Gasteiger partial charge in [-0.15, -0.1) is 0 Å². The van der Waals surface area contributed by atoms with Crippen LogP contribution in [0.15, 0.2) is 24.3 Å². The van der Waals surface area contributed by atoms with Gasteiger partial charge in [0.05, 0.1) is 5.54 Å². The SMILES string of the molecule is CC1(C)Nc2ccccc2C1(N)N. The zero-order chi connectivity index (χ0) is 9.69. The third-order valence-electron chi connectivity index (χ3n) is 2.85. The molecule has 0 atom stereocenters. The van der Waals surface area contributed by atoms with E-state index in [0.29, 0.717) is 0 Å². The molecule has 0 bridgehead atoms. The van der Waals surface area contributed by atoms with Crippen LogP contribution in [0.3, 0.4) is 0 Å². The quantitative estimate of drug-likeness (QED) is 0.517. The highest BCUT2D eigenvalue weighted by atomic mass is 15.2. The van der Waals surface area contributed by atoms with Gasteiger partial charge in [0.25, 0.3) is 0 Å². The molecule has 3 nitrogen and oxygen atoms in total. The molecule has 0 saturated carbocycles. The Morgan fingerprint density at radius 3 is 2.38 bits per heavy atom. The lowest BCUT2D eigenvalue weighted by molar-refractivity contribution is 0.319. The summed E-state index contributed by atoms with van der Waals surface area (Å²) in [6.45, 7) is 4.01. The van der Waals surface area contributed by atoms with Crippen molar-refractivity contribution in [3.05, 3.63) is 29.8 Å². The summed E-state index contributed by atoms with van der Waals surface area (Å²) >= 11 is 0. The van der Waals surface area contributed by atoms with E-state index < -0.39 is 5.66 Å². The predicted molar refractivity (Wildman–Crippen MR) is 54.2 cm³/mol. The molecule has 2 rings (SSSR count). The Hall–Kier alpha value is -1.06. The van der Waals surface area contributed by atoms with Crippen LogP contribution in [0.5, 0.6) is 0 Å². The van der Waals surface area contributed by atoms with Crippen LogP contribution in [-0.4, -0.2) is 5.54 Å². The topological polar surface area (TPSA) is 64.1 Å². The Morgan fingerprint density at radius 1 is 1.15 bits per heavy atom. The van der Waals surface area contributed by atoms with Crippen molar-refractivity contribution < 1.29 is 0 Å². The molecule has 1 aromatic carbocycles. The van der Waals surface area contributed by atoms with E-state index >= 15 is 0 Å². The molecule has 0 spiro atoms. The van der Waals surface area contributed by atoms with Crippen molar-refractivity contribution in [1.82, 2.24) is 0 Å². The Morgan fingerprint density at radius 2 is 1.77 bits per heavy atom. The average Bonchev–Trinajstić information content (AvgIpc) is 2.20. The first-order chi connectivity index (χ1) is 5.95. The van der Waals surface area contributed by atoms with E-state index in [1.54, 1.807) is 0 Å². The maximum absolute atomic E-state index is 6.08. The molecule has 1 aromatic rings. The van der Waals surface area contributed by atoms with Crippen LogP contribution >= 0.6 is 0 Å². The number of hydrogen-bond acceptors (Lipinski definition) is 3. The fraction of sp³-hybridized carbons (Fsp3) is 0.400. The van der Waals surface area contributed by atoms with E-state index in [4.69, 9.17) is 11.5 Å². The van der Waals surface area contributed by atoms with Crippen molar-refractivity contribution in [2.24, 2.45) is 11.5 Å². The van der Waals surface area contributed by atoms with E-state index in [1.807, 2.05) is 38.1 Å². The molecule has 1 heterocycles. The van der Waals surface area contributed by atoms with Crippen LogP contribution in [0.4, 0.5) is 5.69 Å². The number of nitrogens with two attached hydrogens (primary N) is 2. The monoisotopic (exact) mass is 177 g/mol. The lowest BCUT2D eigenvalue weighted by Gasteiger charge is -2.34. The van der Waals surface area contributed by atoms with Gasteiger partial charge in [-0.2, -0.15) is 0 Å². The summed E-state index contributed by atoms with van der Waals surface area (Å²) in [5.74, 6) is 0. The minimum Gasteiger partial charge on any atom is -0.376 e. The summed E-state index contributed by atoms with van der Waals surface area (Å²) < 4.78 is 0. The molecule has 5 N–H and O–H groups in total. The summed E-state index contributed by atoms with van der Waals surface area (Å²) in [4.78, 5) is 0. The van der Waals surface area contributed by atoms with Crippen LogP contribution in [0.1, 0.15) is 19.4 Å². The lowest BCUT2D eigenvalue weighted by Crippen LogP contribution is -2.60. The molecule has 1 aliphatic rings. The van der Waals surface area contributed by atoms with Gasteiger partial charge in [0.2, 0.25) is 0 Å². The molecule has 0 saturated heterocycles. The molecule has 3 heteroatoms. The van der Waals surface area contributed by atoms with Gasteiger partial charge in [-0.25, -0.2) is 0 Å². The minimum absolute atomic E-state index is 0.295. The van der Waals surface area contributed by atoms with Gasteiger partial charge in [-0.1, -0.05) is 18.2 Å². The van der Waals surface area contributed by atoms with Crippen LogP contribution in [0.2, 0.25) is 0 Å². The van der Waals surface area contributed by atoms with Crippen LogP contribution < -0.4 is 16.8 Å². The maximum Gasteiger partial charge on any atom is 0.115 e. The highest BCUT2D eigenvalue weighted by Gasteiger charge is 2.46. The fourth-order valence-electron chi connectivity index (χ4n) is 1.73. The molecule has 0 aliphatic carbocycles. The molecule has 0 unspecified atom stereocenters. The Labute approximate surface area is 78.1 Å². The Balaban J connectivity index is 2.60. The third-order valence-corrected chi connectivity index (χ3v) is 2.85. The molecular weight excluding hydrogens is 162 g/mol. The summed E-state index contributed by atoms with van der Waals surface area (Å²) in [7, 11) is 0.